The summed E-state index contributed by atoms with van der Waals surface area (Å²) in [5.41, 5.74) is 0. The fourth-order valence-electron chi connectivity index (χ4n) is 3.88. The van der Waals surface area contributed by atoms with Crippen molar-refractivity contribution in [2.75, 3.05) is 5.75 Å². The normalized spacial score (nSPS) is 12.1. The average molecular weight is 486 g/mol. The highest BCUT2D eigenvalue weighted by atomic mass is 79.9. The molecule has 3 rings (SSSR count). The summed E-state index contributed by atoms with van der Waals surface area (Å²) in [6, 6.07) is 29.1. The first-order valence-corrected chi connectivity index (χ1v) is 13.9. The number of halogens is 1. The Morgan fingerprint density at radius 2 is 1.31 bits per heavy atom. The minimum absolute atomic E-state index is 0.155. The smallest absolute Gasteiger partial charge is 0.258 e. The summed E-state index contributed by atoms with van der Waals surface area (Å²) >= 11 is 5.40. The fourth-order valence-corrected chi connectivity index (χ4v) is 8.84. The Bertz CT molecular complexity index is 842. The van der Waals surface area contributed by atoms with Crippen molar-refractivity contribution in [2.45, 2.75) is 43.0 Å². The van der Waals surface area contributed by atoms with Gasteiger partial charge in [-0.1, -0.05) is 96.9 Å². The molecule has 1 N–H and O–H groups in total. The van der Waals surface area contributed by atoms with Crippen molar-refractivity contribution >= 4 is 46.4 Å². The third-order valence-corrected chi connectivity index (χ3v) is 11.8. The standard InChI is InChI=1S/C25H29BrOSSi/c1-25(2,19-9-10-20-28-22-17-15-21(26)16-18-22)29(27,23-11-5-3-6-12-23)24-13-7-4-8-14-24/h3-8,11-18,27H,9-10,19-20H2,1-2H3. The molecule has 29 heavy (non-hydrogen) atoms. The van der Waals surface area contributed by atoms with E-state index < -0.39 is 8.32 Å². The molecule has 0 saturated heterocycles. The van der Waals surface area contributed by atoms with Gasteiger partial charge in [0, 0.05) is 9.37 Å². The Morgan fingerprint density at radius 3 is 1.83 bits per heavy atom. The zero-order valence-electron chi connectivity index (χ0n) is 17.1. The Kier molecular flexibility index (Phi) is 7.80. The van der Waals surface area contributed by atoms with Gasteiger partial charge in [-0.05, 0) is 58.3 Å². The minimum atomic E-state index is -2.87. The molecule has 0 amide bonds. The van der Waals surface area contributed by atoms with Crippen molar-refractivity contribution in [3.8, 4) is 0 Å². The maximum atomic E-state index is 12.2. The highest BCUT2D eigenvalue weighted by Gasteiger charge is 2.49. The first-order chi connectivity index (χ1) is 13.9. The van der Waals surface area contributed by atoms with Gasteiger partial charge in [0.25, 0.3) is 8.32 Å². The Morgan fingerprint density at radius 1 is 0.793 bits per heavy atom. The van der Waals surface area contributed by atoms with Gasteiger partial charge in [-0.15, -0.1) is 11.8 Å². The van der Waals surface area contributed by atoms with E-state index in [1.807, 2.05) is 48.2 Å². The van der Waals surface area contributed by atoms with Crippen LogP contribution in [0.2, 0.25) is 5.04 Å². The van der Waals surface area contributed by atoms with Crippen LogP contribution in [0, 0.1) is 0 Å². The summed E-state index contributed by atoms with van der Waals surface area (Å²) in [5, 5.41) is 2.04. The van der Waals surface area contributed by atoms with Gasteiger partial charge >= 0.3 is 0 Å². The number of thioether (sulfide) groups is 1. The lowest BCUT2D eigenvalue weighted by atomic mass is 10.1. The van der Waals surface area contributed by atoms with Gasteiger partial charge in [0.05, 0.1) is 0 Å². The third kappa shape index (κ3) is 5.43. The van der Waals surface area contributed by atoms with Crippen LogP contribution in [0.15, 0.2) is 94.3 Å². The molecule has 0 aromatic heterocycles. The van der Waals surface area contributed by atoms with Gasteiger partial charge in [-0.25, -0.2) is 0 Å². The maximum absolute atomic E-state index is 12.2. The van der Waals surface area contributed by atoms with Gasteiger partial charge in [-0.3, -0.25) is 0 Å². The molecule has 4 heteroatoms. The molecule has 0 spiro atoms. The van der Waals surface area contributed by atoms with Gasteiger partial charge < -0.3 is 4.80 Å². The van der Waals surface area contributed by atoms with E-state index in [4.69, 9.17) is 0 Å². The summed E-state index contributed by atoms with van der Waals surface area (Å²) in [6.07, 6.45) is 3.28. The lowest BCUT2D eigenvalue weighted by Gasteiger charge is -2.41. The third-order valence-electron chi connectivity index (χ3n) is 5.64. The van der Waals surface area contributed by atoms with Crippen molar-refractivity contribution < 1.29 is 4.80 Å². The Hall–Kier alpha value is -1.33. The number of rotatable bonds is 9. The van der Waals surface area contributed by atoms with Crippen molar-refractivity contribution in [3.05, 3.63) is 89.4 Å². The molecule has 0 aliphatic rings. The van der Waals surface area contributed by atoms with E-state index in [2.05, 4.69) is 78.3 Å². The molecule has 0 atom stereocenters. The molecular weight excluding hydrogens is 456 g/mol. The molecule has 0 aliphatic carbocycles. The predicted octanol–water partition coefficient (Wildman–Crippen LogP) is 6.24. The van der Waals surface area contributed by atoms with Crippen LogP contribution < -0.4 is 10.4 Å². The fraction of sp³-hybridized carbons (Fsp3) is 0.280. The number of hydrogen-bond acceptors (Lipinski definition) is 2. The first kappa shape index (κ1) is 22.4. The van der Waals surface area contributed by atoms with Crippen molar-refractivity contribution in [1.82, 2.24) is 0 Å². The minimum Gasteiger partial charge on any atom is -0.424 e. The average Bonchev–Trinajstić information content (AvgIpc) is 2.75. The van der Waals surface area contributed by atoms with Gasteiger partial charge in [0.1, 0.15) is 0 Å². The van der Waals surface area contributed by atoms with Crippen molar-refractivity contribution in [2.24, 2.45) is 0 Å². The predicted molar refractivity (Wildman–Crippen MR) is 133 cm³/mol. The Balaban J connectivity index is 1.68. The largest absolute Gasteiger partial charge is 0.424 e. The van der Waals surface area contributed by atoms with Crippen molar-refractivity contribution in [3.63, 3.8) is 0 Å². The monoisotopic (exact) mass is 484 g/mol. The molecule has 1 nitrogen and oxygen atoms in total. The summed E-state index contributed by atoms with van der Waals surface area (Å²) in [6.45, 7) is 4.50. The molecule has 0 fully saturated rings. The zero-order valence-corrected chi connectivity index (χ0v) is 20.5. The lowest BCUT2D eigenvalue weighted by Crippen LogP contribution is -2.65. The molecule has 0 aliphatic heterocycles. The molecule has 0 radical (unpaired) electrons. The van der Waals surface area contributed by atoms with Crippen LogP contribution in [0.25, 0.3) is 0 Å². The lowest BCUT2D eigenvalue weighted by molar-refractivity contribution is 0.456. The van der Waals surface area contributed by atoms with Crippen LogP contribution in [0.3, 0.4) is 0 Å². The zero-order chi connectivity index (χ0) is 20.7. The van der Waals surface area contributed by atoms with Crippen molar-refractivity contribution in [1.29, 1.82) is 0 Å². The summed E-state index contributed by atoms with van der Waals surface area (Å²) in [7, 11) is -2.87. The second-order valence-corrected chi connectivity index (χ2v) is 14.1. The molecule has 0 unspecified atom stereocenters. The van der Waals surface area contributed by atoms with Gasteiger partial charge in [-0.2, -0.15) is 0 Å². The van der Waals surface area contributed by atoms with E-state index in [9.17, 15) is 4.80 Å². The number of benzene rings is 3. The van der Waals surface area contributed by atoms with E-state index in [-0.39, 0.29) is 5.04 Å². The van der Waals surface area contributed by atoms with E-state index in [0.717, 1.165) is 39.9 Å². The van der Waals surface area contributed by atoms with Crippen LogP contribution in [0.1, 0.15) is 33.1 Å². The SMILES string of the molecule is CC(C)(CCCCSc1ccc(Br)cc1)[Si](O)(c1ccccc1)c1ccccc1. The van der Waals surface area contributed by atoms with E-state index in [0.29, 0.717) is 0 Å². The van der Waals surface area contributed by atoms with E-state index in [1.165, 1.54) is 4.90 Å². The van der Waals surface area contributed by atoms with Gasteiger partial charge in [0.15, 0.2) is 0 Å². The first-order valence-electron chi connectivity index (χ1n) is 10.2. The highest BCUT2D eigenvalue weighted by Crippen LogP contribution is 2.40. The van der Waals surface area contributed by atoms with E-state index in [1.54, 1.807) is 0 Å². The maximum Gasteiger partial charge on any atom is 0.258 e. The number of unbranched alkanes of at least 4 members (excludes halogenated alkanes) is 1. The van der Waals surface area contributed by atoms with Crippen LogP contribution in [-0.2, 0) is 0 Å². The second kappa shape index (κ2) is 10.1. The van der Waals surface area contributed by atoms with Crippen LogP contribution >= 0.6 is 27.7 Å². The summed E-state index contributed by atoms with van der Waals surface area (Å²) in [5.74, 6) is 1.11. The molecule has 3 aromatic carbocycles. The molecule has 152 valence electrons. The molecule has 3 aromatic rings. The summed E-state index contributed by atoms with van der Waals surface area (Å²) < 4.78 is 1.12. The quantitative estimate of drug-likeness (QED) is 0.220. The van der Waals surface area contributed by atoms with Crippen LogP contribution in [0.5, 0.6) is 0 Å². The van der Waals surface area contributed by atoms with E-state index >= 15 is 0 Å². The Labute approximate surface area is 188 Å². The molecular formula is C25H29BrOSSi. The molecule has 0 saturated carbocycles. The number of hydrogen-bond donors (Lipinski definition) is 1. The summed E-state index contributed by atoms with van der Waals surface area (Å²) in [4.78, 5) is 13.5. The van der Waals surface area contributed by atoms with Crippen LogP contribution in [0.4, 0.5) is 0 Å². The molecule has 0 bridgehead atoms. The van der Waals surface area contributed by atoms with Crippen LogP contribution in [-0.4, -0.2) is 18.9 Å². The van der Waals surface area contributed by atoms with Gasteiger partial charge in [0.2, 0.25) is 0 Å². The highest BCUT2D eigenvalue weighted by molar-refractivity contribution is 9.10. The topological polar surface area (TPSA) is 20.2 Å². The second-order valence-electron chi connectivity index (χ2n) is 8.09. The molecule has 0 heterocycles.